The average Bonchev–Trinajstić information content (AvgIpc) is 3.13. The van der Waals surface area contributed by atoms with Gasteiger partial charge in [0.1, 0.15) is 0 Å². The lowest BCUT2D eigenvalue weighted by atomic mass is 10.2. The van der Waals surface area contributed by atoms with E-state index in [1.165, 1.54) is 12.8 Å². The monoisotopic (exact) mass is 245 g/mol. The highest BCUT2D eigenvalue weighted by Crippen LogP contribution is 2.29. The van der Waals surface area contributed by atoms with E-state index < -0.39 is 0 Å². The van der Waals surface area contributed by atoms with Crippen LogP contribution >= 0.6 is 0 Å². The molecule has 1 N–H and O–H groups in total. The van der Waals surface area contributed by atoms with E-state index >= 15 is 0 Å². The maximum absolute atomic E-state index is 12.5. The number of aromatic nitrogens is 1. The first-order valence-corrected chi connectivity index (χ1v) is 6.79. The summed E-state index contributed by atoms with van der Waals surface area (Å²) in [7, 11) is 0. The predicted molar refractivity (Wildman–Crippen MR) is 69.3 cm³/mol. The van der Waals surface area contributed by atoms with E-state index in [1.54, 1.807) is 12.4 Å². The van der Waals surface area contributed by atoms with Crippen molar-refractivity contribution in [3.8, 4) is 0 Å². The molecule has 0 spiro atoms. The van der Waals surface area contributed by atoms with Crippen LogP contribution in [0.4, 0.5) is 0 Å². The first-order valence-electron chi connectivity index (χ1n) is 6.79. The largest absolute Gasteiger partial charge is 0.334 e. The molecular formula is C14H19N3O. The number of nitrogens with zero attached hydrogens (tertiary/aromatic N) is 2. The molecule has 96 valence electrons. The van der Waals surface area contributed by atoms with Crippen LogP contribution in [0.3, 0.4) is 0 Å². The molecule has 0 radical (unpaired) electrons. The molecule has 0 bridgehead atoms. The summed E-state index contributed by atoms with van der Waals surface area (Å²) in [6.07, 6.45) is 8.09. The number of amides is 1. The molecule has 2 fully saturated rings. The van der Waals surface area contributed by atoms with Gasteiger partial charge < -0.3 is 10.2 Å². The van der Waals surface area contributed by atoms with Crippen molar-refractivity contribution in [2.45, 2.75) is 37.8 Å². The number of rotatable bonds is 4. The number of carbonyl (C=O) groups excluding carboxylic acids is 1. The predicted octanol–water partition coefficient (Wildman–Crippen LogP) is 1.44. The third kappa shape index (κ3) is 2.53. The van der Waals surface area contributed by atoms with Crippen LogP contribution < -0.4 is 5.32 Å². The van der Waals surface area contributed by atoms with Crippen LogP contribution in [0, 0.1) is 0 Å². The summed E-state index contributed by atoms with van der Waals surface area (Å²) in [6.45, 7) is 1.93. The lowest BCUT2D eigenvalue weighted by Crippen LogP contribution is -2.42. The Balaban J connectivity index is 1.71. The van der Waals surface area contributed by atoms with Gasteiger partial charge in [0.15, 0.2) is 0 Å². The van der Waals surface area contributed by atoms with E-state index in [9.17, 15) is 4.79 Å². The first kappa shape index (κ1) is 11.7. The Kier molecular flexibility index (Phi) is 3.28. The Morgan fingerprint density at radius 1 is 1.44 bits per heavy atom. The van der Waals surface area contributed by atoms with Crippen LogP contribution in [0.2, 0.25) is 0 Å². The molecule has 4 nitrogen and oxygen atoms in total. The van der Waals surface area contributed by atoms with Gasteiger partial charge in [0.25, 0.3) is 5.91 Å². The Bertz CT molecular complexity index is 410. The number of nitrogens with one attached hydrogen (secondary N) is 1. The minimum absolute atomic E-state index is 0.138. The van der Waals surface area contributed by atoms with Crippen molar-refractivity contribution < 1.29 is 4.79 Å². The van der Waals surface area contributed by atoms with Gasteiger partial charge in [-0.15, -0.1) is 0 Å². The van der Waals surface area contributed by atoms with E-state index in [0.717, 1.165) is 25.9 Å². The summed E-state index contributed by atoms with van der Waals surface area (Å²) >= 11 is 0. The summed E-state index contributed by atoms with van der Waals surface area (Å²) in [5.74, 6) is 0.138. The van der Waals surface area contributed by atoms with Crippen molar-refractivity contribution in [1.82, 2.24) is 15.2 Å². The summed E-state index contributed by atoms with van der Waals surface area (Å²) in [5.41, 5.74) is 0.711. The topological polar surface area (TPSA) is 45.2 Å². The maximum Gasteiger partial charge on any atom is 0.255 e. The van der Waals surface area contributed by atoms with Crippen LogP contribution in [0.25, 0.3) is 0 Å². The van der Waals surface area contributed by atoms with Gasteiger partial charge in [0.2, 0.25) is 0 Å². The zero-order valence-electron chi connectivity index (χ0n) is 10.5. The maximum atomic E-state index is 12.5. The zero-order valence-corrected chi connectivity index (χ0v) is 10.5. The average molecular weight is 245 g/mol. The molecule has 3 rings (SSSR count). The molecule has 1 aliphatic carbocycles. The van der Waals surface area contributed by atoms with Crippen LogP contribution in [0.5, 0.6) is 0 Å². The van der Waals surface area contributed by atoms with Crippen molar-refractivity contribution in [2.75, 3.05) is 13.1 Å². The molecule has 18 heavy (non-hydrogen) atoms. The molecule has 1 atom stereocenters. The highest BCUT2D eigenvalue weighted by Gasteiger charge is 2.34. The molecule has 2 heterocycles. The molecule has 0 aromatic carbocycles. The van der Waals surface area contributed by atoms with Gasteiger partial charge in [0.05, 0.1) is 5.56 Å². The summed E-state index contributed by atoms with van der Waals surface area (Å²) in [4.78, 5) is 18.6. The van der Waals surface area contributed by atoms with Gasteiger partial charge >= 0.3 is 0 Å². The number of hydrogen-bond donors (Lipinski definition) is 1. The van der Waals surface area contributed by atoms with E-state index in [2.05, 4.69) is 10.3 Å². The number of carbonyl (C=O) groups is 1. The second-order valence-corrected chi connectivity index (χ2v) is 5.22. The van der Waals surface area contributed by atoms with Crippen LogP contribution in [0.15, 0.2) is 24.5 Å². The van der Waals surface area contributed by atoms with Crippen molar-refractivity contribution in [3.05, 3.63) is 30.1 Å². The SMILES string of the molecule is O=C(c1cccnc1)N(C[C@H]1CCCN1)C1CC1. The molecule has 1 amide bonds. The number of hydrogen-bond acceptors (Lipinski definition) is 3. The molecule has 1 aliphatic heterocycles. The molecule has 1 saturated heterocycles. The van der Waals surface area contributed by atoms with Gasteiger partial charge in [-0.3, -0.25) is 9.78 Å². The standard InChI is InChI=1S/C14H19N3O/c18-14(11-3-1-7-15-9-11)17(13-5-6-13)10-12-4-2-8-16-12/h1,3,7,9,12-13,16H,2,4-6,8,10H2/t12-/m1/s1. The summed E-state index contributed by atoms with van der Waals surface area (Å²) in [5, 5.41) is 3.47. The van der Waals surface area contributed by atoms with Crippen molar-refractivity contribution in [2.24, 2.45) is 0 Å². The summed E-state index contributed by atoms with van der Waals surface area (Å²) in [6, 6.07) is 4.62. The van der Waals surface area contributed by atoms with Crippen molar-refractivity contribution >= 4 is 5.91 Å². The first-order chi connectivity index (χ1) is 8.84. The van der Waals surface area contributed by atoms with E-state index in [-0.39, 0.29) is 5.91 Å². The second-order valence-electron chi connectivity index (χ2n) is 5.22. The fraction of sp³-hybridized carbons (Fsp3) is 0.571. The van der Waals surface area contributed by atoms with E-state index in [4.69, 9.17) is 0 Å². The Hall–Kier alpha value is -1.42. The minimum Gasteiger partial charge on any atom is -0.334 e. The Labute approximate surface area is 107 Å². The van der Waals surface area contributed by atoms with E-state index in [1.807, 2.05) is 17.0 Å². The van der Waals surface area contributed by atoms with Gasteiger partial charge in [-0.25, -0.2) is 0 Å². The highest BCUT2D eigenvalue weighted by molar-refractivity contribution is 5.94. The normalized spacial score (nSPS) is 23.0. The molecular weight excluding hydrogens is 226 g/mol. The van der Waals surface area contributed by atoms with Crippen LogP contribution in [-0.2, 0) is 0 Å². The fourth-order valence-corrected chi connectivity index (χ4v) is 2.59. The molecule has 4 heteroatoms. The van der Waals surface area contributed by atoms with Crippen molar-refractivity contribution in [1.29, 1.82) is 0 Å². The molecule has 1 aromatic rings. The zero-order chi connectivity index (χ0) is 12.4. The molecule has 1 aromatic heterocycles. The fourth-order valence-electron chi connectivity index (χ4n) is 2.59. The third-order valence-corrected chi connectivity index (χ3v) is 3.74. The molecule has 0 unspecified atom stereocenters. The van der Waals surface area contributed by atoms with Crippen LogP contribution in [-0.4, -0.2) is 41.0 Å². The number of pyridine rings is 1. The van der Waals surface area contributed by atoms with Gasteiger partial charge in [-0.1, -0.05) is 0 Å². The Morgan fingerprint density at radius 3 is 2.94 bits per heavy atom. The highest BCUT2D eigenvalue weighted by atomic mass is 16.2. The van der Waals surface area contributed by atoms with Gasteiger partial charge in [-0.05, 0) is 44.4 Å². The quantitative estimate of drug-likeness (QED) is 0.873. The van der Waals surface area contributed by atoms with Gasteiger partial charge in [-0.2, -0.15) is 0 Å². The van der Waals surface area contributed by atoms with Gasteiger partial charge in [0, 0.05) is 31.0 Å². The van der Waals surface area contributed by atoms with Crippen LogP contribution in [0.1, 0.15) is 36.0 Å². The lowest BCUT2D eigenvalue weighted by Gasteiger charge is -2.25. The van der Waals surface area contributed by atoms with E-state index in [0.29, 0.717) is 17.6 Å². The second kappa shape index (κ2) is 5.06. The summed E-state index contributed by atoms with van der Waals surface area (Å²) < 4.78 is 0. The third-order valence-electron chi connectivity index (χ3n) is 3.74. The minimum atomic E-state index is 0.138. The van der Waals surface area contributed by atoms with Crippen molar-refractivity contribution in [3.63, 3.8) is 0 Å². The smallest absolute Gasteiger partial charge is 0.255 e. The molecule has 1 saturated carbocycles. The lowest BCUT2D eigenvalue weighted by molar-refractivity contribution is 0.0728. The molecule has 2 aliphatic rings. The Morgan fingerprint density at radius 2 is 2.33 bits per heavy atom.